The van der Waals surface area contributed by atoms with Crippen molar-refractivity contribution < 1.29 is 0 Å². The molecule has 0 atom stereocenters. The van der Waals surface area contributed by atoms with Crippen molar-refractivity contribution in [3.63, 3.8) is 0 Å². The first-order chi connectivity index (χ1) is 8.84. The predicted octanol–water partition coefficient (Wildman–Crippen LogP) is 2.77. The van der Waals surface area contributed by atoms with Gasteiger partial charge >= 0.3 is 0 Å². The zero-order valence-electron chi connectivity index (χ0n) is 10.7. The minimum absolute atomic E-state index is 0.557. The minimum atomic E-state index is 0.557. The molecular formula is C14H21N3S. The summed E-state index contributed by atoms with van der Waals surface area (Å²) in [7, 11) is 0. The number of rotatable bonds is 3. The van der Waals surface area contributed by atoms with Gasteiger partial charge in [-0.15, -0.1) is 0 Å². The molecule has 1 aromatic rings. The van der Waals surface area contributed by atoms with E-state index in [2.05, 4.69) is 15.6 Å². The summed E-state index contributed by atoms with van der Waals surface area (Å²) in [5, 5.41) is 7.45. The molecule has 0 spiro atoms. The van der Waals surface area contributed by atoms with E-state index in [-0.39, 0.29) is 0 Å². The zero-order chi connectivity index (χ0) is 12.6. The number of thiocarbonyl (C=S) groups is 1. The normalized spacial score (nSPS) is 16.9. The molecule has 2 N–H and O–H groups in total. The maximum absolute atomic E-state index is 5.34. The first-order valence-corrected chi connectivity index (χ1v) is 7.19. The number of nitrogens with zero attached hydrogens (tertiary/aromatic N) is 1. The van der Waals surface area contributed by atoms with Crippen LogP contribution >= 0.6 is 12.2 Å². The number of nitrogens with one attached hydrogen (secondary N) is 2. The quantitative estimate of drug-likeness (QED) is 0.649. The summed E-state index contributed by atoms with van der Waals surface area (Å²) in [6, 6.07) is 4.55. The van der Waals surface area contributed by atoms with Crippen LogP contribution in [0.3, 0.4) is 0 Å². The largest absolute Gasteiger partial charge is 0.360 e. The number of hydrogen-bond donors (Lipinski definition) is 2. The second-order valence-electron chi connectivity index (χ2n) is 4.88. The molecule has 0 saturated heterocycles. The van der Waals surface area contributed by atoms with Crippen molar-refractivity contribution in [2.75, 3.05) is 0 Å². The Labute approximate surface area is 114 Å². The Kier molecular flexibility index (Phi) is 5.39. The van der Waals surface area contributed by atoms with Gasteiger partial charge in [0.1, 0.15) is 0 Å². The number of pyridine rings is 1. The van der Waals surface area contributed by atoms with Gasteiger partial charge in [-0.1, -0.05) is 31.7 Å². The van der Waals surface area contributed by atoms with Crippen LogP contribution in [0.4, 0.5) is 0 Å². The van der Waals surface area contributed by atoms with Crippen LogP contribution in [-0.2, 0) is 6.54 Å². The lowest BCUT2D eigenvalue weighted by molar-refractivity contribution is 0.528. The van der Waals surface area contributed by atoms with E-state index in [1.807, 2.05) is 18.3 Å². The van der Waals surface area contributed by atoms with Crippen LogP contribution in [0.5, 0.6) is 0 Å². The van der Waals surface area contributed by atoms with E-state index in [1.54, 1.807) is 6.20 Å². The van der Waals surface area contributed by atoms with Gasteiger partial charge in [-0.05, 0) is 36.7 Å². The van der Waals surface area contributed by atoms with Gasteiger partial charge in [0.2, 0.25) is 0 Å². The van der Waals surface area contributed by atoms with E-state index in [9.17, 15) is 0 Å². The van der Waals surface area contributed by atoms with E-state index in [1.165, 1.54) is 38.5 Å². The maximum atomic E-state index is 5.34. The van der Waals surface area contributed by atoms with Gasteiger partial charge < -0.3 is 10.6 Å². The van der Waals surface area contributed by atoms with Crippen molar-refractivity contribution in [2.24, 2.45) is 0 Å². The average Bonchev–Trinajstić information content (AvgIpc) is 2.66. The van der Waals surface area contributed by atoms with Crippen LogP contribution in [0.25, 0.3) is 0 Å². The Balaban J connectivity index is 1.71. The fourth-order valence-electron chi connectivity index (χ4n) is 2.35. The van der Waals surface area contributed by atoms with Crippen molar-refractivity contribution >= 4 is 17.3 Å². The molecule has 0 amide bonds. The van der Waals surface area contributed by atoms with E-state index in [0.29, 0.717) is 6.04 Å². The molecule has 2 rings (SSSR count). The van der Waals surface area contributed by atoms with Crippen molar-refractivity contribution in [1.82, 2.24) is 15.6 Å². The highest BCUT2D eigenvalue weighted by Gasteiger charge is 2.12. The summed E-state index contributed by atoms with van der Waals surface area (Å²) in [6.45, 7) is 0.742. The van der Waals surface area contributed by atoms with Gasteiger partial charge in [-0.2, -0.15) is 0 Å². The second-order valence-corrected chi connectivity index (χ2v) is 5.29. The fourth-order valence-corrected chi connectivity index (χ4v) is 2.58. The summed E-state index contributed by atoms with van der Waals surface area (Å²) in [5.41, 5.74) is 1.16. The maximum Gasteiger partial charge on any atom is 0.166 e. The highest BCUT2D eigenvalue weighted by molar-refractivity contribution is 7.80. The molecule has 4 heteroatoms. The summed E-state index contributed by atoms with van der Waals surface area (Å²) < 4.78 is 0. The molecule has 1 saturated carbocycles. The van der Waals surface area contributed by atoms with E-state index in [0.717, 1.165) is 17.2 Å². The Morgan fingerprint density at radius 3 is 2.72 bits per heavy atom. The molecule has 0 aliphatic heterocycles. The third-order valence-corrected chi connectivity index (χ3v) is 3.63. The molecule has 1 fully saturated rings. The van der Waals surface area contributed by atoms with Crippen LogP contribution in [0.2, 0.25) is 0 Å². The van der Waals surface area contributed by atoms with E-state index >= 15 is 0 Å². The van der Waals surface area contributed by atoms with Gasteiger partial charge in [0.15, 0.2) is 5.11 Å². The predicted molar refractivity (Wildman–Crippen MR) is 78.3 cm³/mol. The van der Waals surface area contributed by atoms with Crippen molar-refractivity contribution in [3.05, 3.63) is 30.1 Å². The monoisotopic (exact) mass is 263 g/mol. The van der Waals surface area contributed by atoms with Crippen molar-refractivity contribution in [3.8, 4) is 0 Å². The standard InChI is InChI=1S/C14H21N3S/c18-14(16-11-12-6-5-9-15-10-12)17-13-7-3-1-2-4-8-13/h5-6,9-10,13H,1-4,7-8,11H2,(H2,16,17,18). The first-order valence-electron chi connectivity index (χ1n) is 6.78. The Morgan fingerprint density at radius 1 is 1.28 bits per heavy atom. The topological polar surface area (TPSA) is 37.0 Å². The summed E-state index contributed by atoms with van der Waals surface area (Å²) in [6.07, 6.45) is 11.5. The molecule has 1 aromatic heterocycles. The van der Waals surface area contributed by atoms with Gasteiger partial charge in [0.05, 0.1) is 0 Å². The Bertz CT molecular complexity index is 359. The van der Waals surface area contributed by atoms with Crippen molar-refractivity contribution in [2.45, 2.75) is 51.1 Å². The molecule has 0 aromatic carbocycles. The highest BCUT2D eigenvalue weighted by Crippen LogP contribution is 2.16. The molecular weight excluding hydrogens is 242 g/mol. The molecule has 1 heterocycles. The van der Waals surface area contributed by atoms with Crippen LogP contribution in [0.1, 0.15) is 44.1 Å². The van der Waals surface area contributed by atoms with Gasteiger partial charge in [-0.3, -0.25) is 4.98 Å². The lowest BCUT2D eigenvalue weighted by Crippen LogP contribution is -2.41. The van der Waals surface area contributed by atoms with E-state index < -0.39 is 0 Å². The Morgan fingerprint density at radius 2 is 2.06 bits per heavy atom. The summed E-state index contributed by atoms with van der Waals surface area (Å²) in [5.74, 6) is 0. The highest BCUT2D eigenvalue weighted by atomic mass is 32.1. The SMILES string of the molecule is S=C(NCc1cccnc1)NC1CCCCCC1. The minimum Gasteiger partial charge on any atom is -0.360 e. The lowest BCUT2D eigenvalue weighted by atomic mass is 10.1. The molecule has 0 radical (unpaired) electrons. The average molecular weight is 263 g/mol. The molecule has 98 valence electrons. The molecule has 0 unspecified atom stereocenters. The summed E-state index contributed by atoms with van der Waals surface area (Å²) in [4.78, 5) is 4.09. The van der Waals surface area contributed by atoms with Crippen LogP contribution in [0, 0.1) is 0 Å². The zero-order valence-corrected chi connectivity index (χ0v) is 11.5. The van der Waals surface area contributed by atoms with Crippen molar-refractivity contribution in [1.29, 1.82) is 0 Å². The fraction of sp³-hybridized carbons (Fsp3) is 0.571. The third-order valence-electron chi connectivity index (χ3n) is 3.37. The first kappa shape index (κ1) is 13.3. The number of aromatic nitrogens is 1. The molecule has 1 aliphatic rings. The van der Waals surface area contributed by atoms with Gasteiger partial charge in [-0.25, -0.2) is 0 Å². The van der Waals surface area contributed by atoms with Crippen LogP contribution in [0.15, 0.2) is 24.5 Å². The lowest BCUT2D eigenvalue weighted by Gasteiger charge is -2.19. The smallest absolute Gasteiger partial charge is 0.166 e. The van der Waals surface area contributed by atoms with Gasteiger partial charge in [0, 0.05) is 25.0 Å². The molecule has 1 aliphatic carbocycles. The van der Waals surface area contributed by atoms with Crippen LogP contribution < -0.4 is 10.6 Å². The van der Waals surface area contributed by atoms with Crippen LogP contribution in [-0.4, -0.2) is 16.1 Å². The molecule has 18 heavy (non-hydrogen) atoms. The second kappa shape index (κ2) is 7.31. The Hall–Kier alpha value is -1.16. The number of hydrogen-bond acceptors (Lipinski definition) is 2. The van der Waals surface area contributed by atoms with Gasteiger partial charge in [0.25, 0.3) is 0 Å². The molecule has 0 bridgehead atoms. The summed E-state index contributed by atoms with van der Waals surface area (Å²) >= 11 is 5.34. The third kappa shape index (κ3) is 4.61. The molecule has 3 nitrogen and oxygen atoms in total. The van der Waals surface area contributed by atoms with E-state index in [4.69, 9.17) is 12.2 Å².